The van der Waals surface area contributed by atoms with Gasteiger partial charge in [-0.1, -0.05) is 31.0 Å². The van der Waals surface area contributed by atoms with Crippen LogP contribution in [0.5, 0.6) is 0 Å². The van der Waals surface area contributed by atoms with E-state index in [1.165, 1.54) is 31.0 Å². The van der Waals surface area contributed by atoms with Crippen LogP contribution < -0.4 is 11.2 Å². The lowest BCUT2D eigenvalue weighted by Gasteiger charge is -2.20. The molecule has 7 heteroatoms. The quantitative estimate of drug-likeness (QED) is 0.896. The maximum atomic E-state index is 11.7. The van der Waals surface area contributed by atoms with Crippen molar-refractivity contribution >= 4 is 11.8 Å². The summed E-state index contributed by atoms with van der Waals surface area (Å²) in [4.78, 5) is 25.5. The fraction of sp³-hybridized carbons (Fsp3) is 0.667. The summed E-state index contributed by atoms with van der Waals surface area (Å²) in [7, 11) is 0. The molecule has 0 radical (unpaired) electrons. The molecule has 1 aliphatic rings. The highest BCUT2D eigenvalue weighted by molar-refractivity contribution is 7.99. The third-order valence-electron chi connectivity index (χ3n) is 3.13. The lowest BCUT2D eigenvalue weighted by atomic mass is 10.0. The Labute approximate surface area is 114 Å². The fourth-order valence-corrected chi connectivity index (χ4v) is 3.33. The standard InChI is InChI=1S/C12H16N4O2S/c13-7-4-8-16-12(18)14-10(17)11(15-16)19-9-5-2-1-3-6-9/h9H,1-6,8H2,(H,14,17,18). The van der Waals surface area contributed by atoms with Crippen LogP contribution in [-0.2, 0) is 6.54 Å². The Hall–Kier alpha value is -1.55. The molecule has 1 heterocycles. The van der Waals surface area contributed by atoms with Gasteiger partial charge >= 0.3 is 5.69 Å². The van der Waals surface area contributed by atoms with Crippen LogP contribution in [0.4, 0.5) is 0 Å². The van der Waals surface area contributed by atoms with E-state index in [1.54, 1.807) is 0 Å². The SMILES string of the molecule is N#CCCn1nc(SC2CCCCC2)c(=O)[nH]c1=O. The molecule has 1 aliphatic carbocycles. The van der Waals surface area contributed by atoms with Crippen LogP contribution in [0.25, 0.3) is 0 Å². The summed E-state index contributed by atoms with van der Waals surface area (Å²) in [6.07, 6.45) is 5.99. The van der Waals surface area contributed by atoms with Crippen molar-refractivity contribution in [1.82, 2.24) is 14.8 Å². The summed E-state index contributed by atoms with van der Waals surface area (Å²) in [5.41, 5.74) is -0.970. The number of aromatic amines is 1. The maximum absolute atomic E-state index is 11.7. The zero-order chi connectivity index (χ0) is 13.7. The van der Waals surface area contributed by atoms with Crippen molar-refractivity contribution in [3.63, 3.8) is 0 Å². The first-order valence-electron chi connectivity index (χ1n) is 6.46. The molecule has 1 saturated carbocycles. The van der Waals surface area contributed by atoms with Gasteiger partial charge in [0.05, 0.1) is 19.0 Å². The van der Waals surface area contributed by atoms with Gasteiger partial charge in [0.1, 0.15) is 0 Å². The van der Waals surface area contributed by atoms with E-state index < -0.39 is 11.2 Å². The van der Waals surface area contributed by atoms with Gasteiger partial charge in [-0.05, 0) is 12.8 Å². The highest BCUT2D eigenvalue weighted by atomic mass is 32.2. The van der Waals surface area contributed by atoms with E-state index in [-0.39, 0.29) is 13.0 Å². The number of rotatable bonds is 4. The second-order valence-electron chi connectivity index (χ2n) is 4.57. The number of thioether (sulfide) groups is 1. The van der Waals surface area contributed by atoms with Crippen LogP contribution >= 0.6 is 11.8 Å². The number of aromatic nitrogens is 3. The largest absolute Gasteiger partial charge is 0.344 e. The molecular formula is C12H16N4O2S. The molecule has 0 unspecified atom stereocenters. The molecule has 19 heavy (non-hydrogen) atoms. The summed E-state index contributed by atoms with van der Waals surface area (Å²) < 4.78 is 1.16. The second kappa shape index (κ2) is 6.57. The third kappa shape index (κ3) is 3.70. The third-order valence-corrected chi connectivity index (χ3v) is 4.42. The molecule has 1 N–H and O–H groups in total. The van der Waals surface area contributed by atoms with Gasteiger partial charge in [-0.25, -0.2) is 9.48 Å². The Bertz CT molecular complexity index is 581. The number of nitriles is 1. The molecule has 0 aromatic carbocycles. The average molecular weight is 280 g/mol. The minimum absolute atomic E-state index is 0.201. The van der Waals surface area contributed by atoms with E-state index in [1.807, 2.05) is 6.07 Å². The number of hydrogen-bond acceptors (Lipinski definition) is 5. The minimum atomic E-state index is -0.548. The van der Waals surface area contributed by atoms with E-state index in [2.05, 4.69) is 10.1 Å². The number of aryl methyl sites for hydroxylation is 1. The van der Waals surface area contributed by atoms with E-state index in [0.29, 0.717) is 10.3 Å². The Morgan fingerprint density at radius 1 is 1.37 bits per heavy atom. The molecule has 0 aliphatic heterocycles. The molecule has 1 fully saturated rings. The van der Waals surface area contributed by atoms with Crippen LogP contribution in [0.2, 0.25) is 0 Å². The minimum Gasteiger partial charge on any atom is -0.270 e. The highest BCUT2D eigenvalue weighted by Crippen LogP contribution is 2.30. The first-order valence-corrected chi connectivity index (χ1v) is 7.33. The lowest BCUT2D eigenvalue weighted by Crippen LogP contribution is -2.34. The van der Waals surface area contributed by atoms with Gasteiger partial charge in [0.25, 0.3) is 5.56 Å². The van der Waals surface area contributed by atoms with Crippen molar-refractivity contribution in [3.8, 4) is 6.07 Å². The van der Waals surface area contributed by atoms with Gasteiger partial charge in [-0.15, -0.1) is 0 Å². The predicted octanol–water partition coefficient (Wildman–Crippen LogP) is 1.27. The van der Waals surface area contributed by atoms with Crippen LogP contribution in [0.1, 0.15) is 38.5 Å². The second-order valence-corrected chi connectivity index (χ2v) is 5.86. The monoisotopic (exact) mass is 280 g/mol. The summed E-state index contributed by atoms with van der Waals surface area (Å²) in [6.45, 7) is 0.213. The van der Waals surface area contributed by atoms with Gasteiger partial charge in [0, 0.05) is 5.25 Å². The predicted molar refractivity (Wildman–Crippen MR) is 72.1 cm³/mol. The van der Waals surface area contributed by atoms with E-state index in [0.717, 1.165) is 17.5 Å². The van der Waals surface area contributed by atoms with Crippen molar-refractivity contribution in [3.05, 3.63) is 20.8 Å². The number of nitrogens with one attached hydrogen (secondary N) is 1. The first-order chi connectivity index (χ1) is 9.20. The summed E-state index contributed by atoms with van der Waals surface area (Å²) >= 11 is 1.45. The molecule has 0 spiro atoms. The van der Waals surface area contributed by atoms with Gasteiger partial charge in [-0.2, -0.15) is 10.4 Å². The number of nitrogens with zero attached hydrogens (tertiary/aromatic N) is 3. The van der Waals surface area contributed by atoms with Crippen LogP contribution in [0, 0.1) is 11.3 Å². The molecule has 0 saturated heterocycles. The molecule has 0 amide bonds. The zero-order valence-electron chi connectivity index (χ0n) is 10.6. The van der Waals surface area contributed by atoms with Crippen LogP contribution in [0.15, 0.2) is 14.6 Å². The molecule has 0 atom stereocenters. The average Bonchev–Trinajstić information content (AvgIpc) is 2.42. The first kappa shape index (κ1) is 13.9. The Morgan fingerprint density at radius 2 is 2.11 bits per heavy atom. The van der Waals surface area contributed by atoms with Gasteiger partial charge < -0.3 is 0 Å². The van der Waals surface area contributed by atoms with Gasteiger partial charge in [0.15, 0.2) is 5.03 Å². The normalized spacial score (nSPS) is 16.2. The van der Waals surface area contributed by atoms with Crippen molar-refractivity contribution in [1.29, 1.82) is 5.26 Å². The van der Waals surface area contributed by atoms with Crippen molar-refractivity contribution in [2.24, 2.45) is 0 Å². The fourth-order valence-electron chi connectivity index (χ4n) is 2.14. The molecule has 2 rings (SSSR count). The molecule has 0 bridgehead atoms. The Morgan fingerprint density at radius 3 is 2.79 bits per heavy atom. The lowest BCUT2D eigenvalue weighted by molar-refractivity contribution is 0.510. The van der Waals surface area contributed by atoms with Crippen LogP contribution in [-0.4, -0.2) is 20.0 Å². The summed E-state index contributed by atoms with van der Waals surface area (Å²) in [6, 6.07) is 1.96. The van der Waals surface area contributed by atoms with Crippen LogP contribution in [0.3, 0.4) is 0 Å². The Balaban J connectivity index is 2.17. The van der Waals surface area contributed by atoms with Crippen molar-refractivity contribution in [2.45, 2.75) is 55.3 Å². The number of H-pyrrole nitrogens is 1. The van der Waals surface area contributed by atoms with E-state index in [4.69, 9.17) is 5.26 Å². The van der Waals surface area contributed by atoms with Crippen molar-refractivity contribution < 1.29 is 0 Å². The maximum Gasteiger partial charge on any atom is 0.344 e. The van der Waals surface area contributed by atoms with Gasteiger partial charge in [0.2, 0.25) is 0 Å². The highest BCUT2D eigenvalue weighted by Gasteiger charge is 2.18. The molecule has 1 aromatic rings. The Kier molecular flexibility index (Phi) is 4.80. The topological polar surface area (TPSA) is 91.5 Å². The molecule has 1 aromatic heterocycles. The number of hydrogen-bond donors (Lipinski definition) is 1. The van der Waals surface area contributed by atoms with Crippen molar-refractivity contribution in [2.75, 3.05) is 0 Å². The summed E-state index contributed by atoms with van der Waals surface area (Å²) in [5.74, 6) is 0. The van der Waals surface area contributed by atoms with E-state index in [9.17, 15) is 9.59 Å². The molecular weight excluding hydrogens is 264 g/mol. The van der Waals surface area contributed by atoms with Gasteiger partial charge in [-0.3, -0.25) is 9.78 Å². The zero-order valence-corrected chi connectivity index (χ0v) is 11.4. The van der Waals surface area contributed by atoms with E-state index >= 15 is 0 Å². The smallest absolute Gasteiger partial charge is 0.270 e. The molecule has 6 nitrogen and oxygen atoms in total. The molecule has 102 valence electrons. The summed E-state index contributed by atoms with van der Waals surface area (Å²) in [5, 5.41) is 13.4.